The van der Waals surface area contributed by atoms with Crippen LogP contribution in [-0.2, 0) is 29.0 Å². The summed E-state index contributed by atoms with van der Waals surface area (Å²) in [7, 11) is -0.873. The minimum absolute atomic E-state index is 0.0397. The maximum absolute atomic E-state index is 13.9. The number of pyridine rings is 1. The standard InChI is InChI=1S/C31H38F3N7O4S/c1-39(46(3,43)44)28-21(7-6-14-35-28)8-10-25-24(31(32,33)34)20-36-30(37-25)38-26-11-9-22(19-27(26)45-2)29(42)41-17-12-23(13-18-41)40-15-4-5-16-40/h6-7,9,11,14,19-20,23H,4-5,8,10,12-13,15-18H2,1-3H3,(H,36,37,38). The summed E-state index contributed by atoms with van der Waals surface area (Å²) in [6.07, 6.45) is 2.65. The second kappa shape index (κ2) is 13.8. The molecule has 1 N–H and O–H groups in total. The molecule has 11 nitrogen and oxygen atoms in total. The summed E-state index contributed by atoms with van der Waals surface area (Å²) in [6, 6.07) is 8.58. The highest BCUT2D eigenvalue weighted by atomic mass is 32.2. The van der Waals surface area contributed by atoms with Crippen LogP contribution in [-0.4, -0.2) is 91.7 Å². The smallest absolute Gasteiger partial charge is 0.419 e. The number of carbonyl (C=O) groups excluding carboxylic acids is 1. The molecule has 15 heteroatoms. The van der Waals surface area contributed by atoms with Crippen molar-refractivity contribution in [3.05, 3.63) is 65.1 Å². The molecule has 2 aliphatic heterocycles. The molecule has 0 saturated carbocycles. The van der Waals surface area contributed by atoms with Gasteiger partial charge < -0.3 is 19.9 Å². The number of nitrogens with one attached hydrogen (secondary N) is 1. The van der Waals surface area contributed by atoms with Gasteiger partial charge in [-0.25, -0.2) is 23.4 Å². The molecule has 0 spiro atoms. The summed E-state index contributed by atoms with van der Waals surface area (Å²) in [6.45, 7) is 3.61. The van der Waals surface area contributed by atoms with Crippen molar-refractivity contribution in [3.8, 4) is 5.75 Å². The van der Waals surface area contributed by atoms with Gasteiger partial charge in [0.05, 0.1) is 30.3 Å². The zero-order chi connectivity index (χ0) is 33.1. The third kappa shape index (κ3) is 7.69. The lowest BCUT2D eigenvalue weighted by molar-refractivity contribution is -0.138. The molecule has 0 bridgehead atoms. The fourth-order valence-electron chi connectivity index (χ4n) is 6.00. The molecular weight excluding hydrogens is 623 g/mol. The van der Waals surface area contributed by atoms with Crippen LogP contribution in [0.5, 0.6) is 5.75 Å². The number of likely N-dealkylation sites (tertiary alicyclic amines) is 2. The van der Waals surface area contributed by atoms with Gasteiger partial charge in [-0.15, -0.1) is 0 Å². The predicted octanol–water partition coefficient (Wildman–Crippen LogP) is 4.52. The van der Waals surface area contributed by atoms with Crippen molar-refractivity contribution in [1.29, 1.82) is 0 Å². The molecule has 2 saturated heterocycles. The monoisotopic (exact) mass is 661 g/mol. The molecule has 1 amide bonds. The average Bonchev–Trinajstić information content (AvgIpc) is 3.58. The first-order chi connectivity index (χ1) is 21.8. The Morgan fingerprint density at radius 1 is 1.09 bits per heavy atom. The Balaban J connectivity index is 1.32. The number of anilines is 3. The minimum Gasteiger partial charge on any atom is -0.495 e. The van der Waals surface area contributed by atoms with E-state index < -0.39 is 21.8 Å². The van der Waals surface area contributed by atoms with Crippen molar-refractivity contribution in [3.63, 3.8) is 0 Å². The number of alkyl halides is 3. The molecule has 2 aromatic heterocycles. The van der Waals surface area contributed by atoms with Gasteiger partial charge in [0.1, 0.15) is 11.6 Å². The first kappa shape index (κ1) is 33.4. The van der Waals surface area contributed by atoms with Gasteiger partial charge in [-0.1, -0.05) is 6.07 Å². The van der Waals surface area contributed by atoms with Crippen molar-refractivity contribution in [2.24, 2.45) is 0 Å². The zero-order valence-corrected chi connectivity index (χ0v) is 26.9. The summed E-state index contributed by atoms with van der Waals surface area (Å²) in [5, 5.41) is 2.93. The fourth-order valence-corrected chi connectivity index (χ4v) is 6.47. The van der Waals surface area contributed by atoms with Crippen LogP contribution in [0, 0.1) is 0 Å². The number of hydrogen-bond donors (Lipinski definition) is 1. The molecule has 0 unspecified atom stereocenters. The Hall–Kier alpha value is -3.98. The lowest BCUT2D eigenvalue weighted by atomic mass is 10.0. The second-order valence-electron chi connectivity index (χ2n) is 11.6. The molecule has 0 aliphatic carbocycles. The van der Waals surface area contributed by atoms with E-state index in [1.807, 2.05) is 4.90 Å². The maximum atomic E-state index is 13.9. The first-order valence-corrected chi connectivity index (χ1v) is 17.0. The van der Waals surface area contributed by atoms with Crippen molar-refractivity contribution >= 4 is 33.4 Å². The van der Waals surface area contributed by atoms with Gasteiger partial charge in [-0.2, -0.15) is 13.2 Å². The van der Waals surface area contributed by atoms with E-state index in [9.17, 15) is 26.4 Å². The van der Waals surface area contributed by atoms with Gasteiger partial charge in [0.15, 0.2) is 0 Å². The normalized spacial score (nSPS) is 16.4. The number of halogens is 3. The summed E-state index contributed by atoms with van der Waals surface area (Å²) in [5.74, 6) is 0.242. The number of aryl methyl sites for hydroxylation is 2. The highest BCUT2D eigenvalue weighted by molar-refractivity contribution is 7.92. The first-order valence-electron chi connectivity index (χ1n) is 15.1. The molecular formula is C31H38F3N7O4S. The lowest BCUT2D eigenvalue weighted by Crippen LogP contribution is -2.45. The van der Waals surface area contributed by atoms with E-state index in [-0.39, 0.29) is 36.2 Å². The number of piperidine rings is 1. The van der Waals surface area contributed by atoms with E-state index in [1.54, 1.807) is 30.3 Å². The second-order valence-corrected chi connectivity index (χ2v) is 13.6. The number of amides is 1. The maximum Gasteiger partial charge on any atom is 0.419 e. The number of carbonyl (C=O) groups is 1. The summed E-state index contributed by atoms with van der Waals surface area (Å²) < 4.78 is 72.5. The molecule has 3 aromatic rings. The van der Waals surface area contributed by atoms with Gasteiger partial charge in [0, 0.05) is 44.1 Å². The van der Waals surface area contributed by atoms with Crippen molar-refractivity contribution in [2.75, 3.05) is 56.2 Å². The SMILES string of the molecule is COc1cc(C(=O)N2CCC(N3CCCC3)CC2)ccc1Nc1ncc(C(F)(F)F)c(CCc2cccnc2N(C)S(C)(=O)=O)n1. The van der Waals surface area contributed by atoms with E-state index in [4.69, 9.17) is 4.74 Å². The van der Waals surface area contributed by atoms with Crippen LogP contribution < -0.4 is 14.4 Å². The Morgan fingerprint density at radius 3 is 2.46 bits per heavy atom. The molecule has 4 heterocycles. The largest absolute Gasteiger partial charge is 0.495 e. The average molecular weight is 662 g/mol. The van der Waals surface area contributed by atoms with Crippen LogP contribution in [0.2, 0.25) is 0 Å². The quantitative estimate of drug-likeness (QED) is 0.334. The van der Waals surface area contributed by atoms with E-state index >= 15 is 0 Å². The van der Waals surface area contributed by atoms with Gasteiger partial charge in [-0.3, -0.25) is 9.10 Å². The Kier molecular flexibility index (Phi) is 10.0. The number of methoxy groups -OCH3 is 1. The molecule has 0 atom stereocenters. The number of benzene rings is 1. The summed E-state index contributed by atoms with van der Waals surface area (Å²) >= 11 is 0. The lowest BCUT2D eigenvalue weighted by Gasteiger charge is -2.36. The molecule has 46 heavy (non-hydrogen) atoms. The van der Waals surface area contributed by atoms with Crippen LogP contribution in [0.4, 0.5) is 30.6 Å². The van der Waals surface area contributed by atoms with Crippen LogP contribution in [0.3, 0.4) is 0 Å². The Labute approximate surface area is 266 Å². The molecule has 248 valence electrons. The van der Waals surface area contributed by atoms with E-state index in [0.29, 0.717) is 47.9 Å². The molecule has 2 aliphatic rings. The molecule has 1 aromatic carbocycles. The zero-order valence-electron chi connectivity index (χ0n) is 26.0. The van der Waals surface area contributed by atoms with Crippen LogP contribution in [0.25, 0.3) is 0 Å². The van der Waals surface area contributed by atoms with Gasteiger partial charge in [0.2, 0.25) is 16.0 Å². The highest BCUT2D eigenvalue weighted by Crippen LogP contribution is 2.34. The van der Waals surface area contributed by atoms with Crippen molar-refractivity contribution in [2.45, 2.75) is 50.7 Å². The van der Waals surface area contributed by atoms with Gasteiger partial charge in [0.25, 0.3) is 5.91 Å². The molecule has 2 fully saturated rings. The summed E-state index contributed by atoms with van der Waals surface area (Å²) in [5.41, 5.74) is -0.00523. The Bertz CT molecular complexity index is 1660. The van der Waals surface area contributed by atoms with Crippen LogP contribution in [0.1, 0.15) is 52.9 Å². The van der Waals surface area contributed by atoms with Crippen LogP contribution in [0.15, 0.2) is 42.7 Å². The Morgan fingerprint density at radius 2 is 1.80 bits per heavy atom. The van der Waals surface area contributed by atoms with Crippen LogP contribution >= 0.6 is 0 Å². The number of nitrogens with zero attached hydrogens (tertiary/aromatic N) is 6. The van der Waals surface area contributed by atoms with Crippen molar-refractivity contribution in [1.82, 2.24) is 24.8 Å². The number of hydrogen-bond acceptors (Lipinski definition) is 9. The van der Waals surface area contributed by atoms with E-state index in [1.165, 1.54) is 33.2 Å². The number of sulfonamides is 1. The molecule has 0 radical (unpaired) electrons. The third-order valence-corrected chi connectivity index (χ3v) is 9.74. The number of aromatic nitrogens is 3. The topological polar surface area (TPSA) is 121 Å². The van der Waals surface area contributed by atoms with E-state index in [2.05, 4.69) is 25.2 Å². The fraction of sp³-hybridized carbons (Fsp3) is 0.484. The third-order valence-electron chi connectivity index (χ3n) is 8.57. The number of ether oxygens (including phenoxy) is 1. The van der Waals surface area contributed by atoms with Gasteiger partial charge >= 0.3 is 6.18 Å². The summed E-state index contributed by atoms with van der Waals surface area (Å²) in [4.78, 5) is 29.9. The van der Waals surface area contributed by atoms with E-state index in [0.717, 1.165) is 36.5 Å². The number of rotatable bonds is 10. The highest BCUT2D eigenvalue weighted by Gasteiger charge is 2.35. The molecule has 5 rings (SSSR count). The minimum atomic E-state index is -4.71. The predicted molar refractivity (Wildman–Crippen MR) is 168 cm³/mol. The van der Waals surface area contributed by atoms with Crippen molar-refractivity contribution < 1.29 is 31.1 Å². The van der Waals surface area contributed by atoms with Gasteiger partial charge in [-0.05, 0) is 81.4 Å².